The lowest BCUT2D eigenvalue weighted by Crippen LogP contribution is -2.28. The molecule has 0 saturated carbocycles. The maximum Gasteiger partial charge on any atom is 0.416 e. The highest BCUT2D eigenvalue weighted by Gasteiger charge is 2.30. The molecule has 0 unspecified atom stereocenters. The molecule has 1 saturated heterocycles. The summed E-state index contributed by atoms with van der Waals surface area (Å²) in [4.78, 5) is 7.16. The molecule has 252 valence electrons. The van der Waals surface area contributed by atoms with E-state index >= 15 is 0 Å². The van der Waals surface area contributed by atoms with E-state index in [1.165, 1.54) is 44.2 Å². The lowest BCUT2D eigenvalue weighted by Gasteiger charge is -2.31. The van der Waals surface area contributed by atoms with E-state index in [9.17, 15) is 13.2 Å². The van der Waals surface area contributed by atoms with E-state index in [2.05, 4.69) is 36.7 Å². The van der Waals surface area contributed by atoms with Gasteiger partial charge in [0.15, 0.2) is 11.5 Å². The Kier molecular flexibility index (Phi) is 13.0. The Bertz CT molecular complexity index is 1590. The van der Waals surface area contributed by atoms with Crippen LogP contribution in [0.4, 0.5) is 19.0 Å². The first-order chi connectivity index (χ1) is 22.8. The third-order valence-electron chi connectivity index (χ3n) is 8.28. The second kappa shape index (κ2) is 17.1. The first-order valence-corrected chi connectivity index (χ1v) is 17.0. The number of alkyl halides is 3. The van der Waals surface area contributed by atoms with Gasteiger partial charge in [0.05, 0.1) is 11.1 Å². The maximum atomic E-state index is 12.9. The van der Waals surface area contributed by atoms with Crippen LogP contribution in [0.5, 0.6) is 11.5 Å². The van der Waals surface area contributed by atoms with Gasteiger partial charge in [0, 0.05) is 36.3 Å². The predicted octanol–water partition coefficient (Wildman–Crippen LogP) is 11.3. The summed E-state index contributed by atoms with van der Waals surface area (Å²) in [5.41, 5.74) is 4.86. The molecule has 0 bridgehead atoms. The lowest BCUT2D eigenvalue weighted by molar-refractivity contribution is -0.137. The number of hydrogen-bond acceptors (Lipinski definition) is 5. The molecule has 0 spiro atoms. The number of ether oxygens (including phenoxy) is 2. The van der Waals surface area contributed by atoms with Gasteiger partial charge in [-0.05, 0) is 78.4 Å². The molecule has 3 aromatic carbocycles. The normalized spacial score (nSPS) is 13.7. The summed E-state index contributed by atoms with van der Waals surface area (Å²) in [6.07, 6.45) is 4.66. The number of halogens is 3. The monoisotopic (exact) mass is 647 g/mol. The summed E-state index contributed by atoms with van der Waals surface area (Å²) in [7, 11) is 0. The van der Waals surface area contributed by atoms with Crippen molar-refractivity contribution in [3.05, 3.63) is 90.0 Å². The molecule has 8 heteroatoms. The van der Waals surface area contributed by atoms with Gasteiger partial charge in [-0.3, -0.25) is 0 Å². The smallest absolute Gasteiger partial charge is 0.416 e. The molecular formula is C39H48F3N3O2. The van der Waals surface area contributed by atoms with Gasteiger partial charge in [0.25, 0.3) is 0 Å². The molecule has 0 radical (unpaired) electrons. The summed E-state index contributed by atoms with van der Waals surface area (Å²) < 4.78 is 49.8. The summed E-state index contributed by atoms with van der Waals surface area (Å²) in [5.74, 6) is 2.11. The molecule has 47 heavy (non-hydrogen) atoms. The number of unbranched alkanes of at least 4 members (excludes halogenated alkanes) is 3. The van der Waals surface area contributed by atoms with Crippen molar-refractivity contribution in [2.75, 3.05) is 25.2 Å². The highest BCUT2D eigenvalue weighted by Crippen LogP contribution is 2.38. The van der Waals surface area contributed by atoms with Gasteiger partial charge in [0.2, 0.25) is 6.79 Å². The molecule has 1 fully saturated rings. The van der Waals surface area contributed by atoms with E-state index in [0.29, 0.717) is 12.4 Å². The van der Waals surface area contributed by atoms with E-state index in [4.69, 9.17) is 14.5 Å². The molecule has 2 aliphatic heterocycles. The molecule has 0 aliphatic carbocycles. The zero-order valence-electron chi connectivity index (χ0n) is 28.2. The summed E-state index contributed by atoms with van der Waals surface area (Å²) in [5, 5.41) is 4.29. The van der Waals surface area contributed by atoms with E-state index in [-0.39, 0.29) is 6.79 Å². The van der Waals surface area contributed by atoms with Crippen LogP contribution in [0.3, 0.4) is 0 Å². The molecule has 0 amide bonds. The number of hydrogen-bond donors (Lipinski definition) is 1. The van der Waals surface area contributed by atoms with Crippen molar-refractivity contribution in [3.8, 4) is 22.6 Å². The van der Waals surface area contributed by atoms with Gasteiger partial charge in [-0.15, -0.1) is 0 Å². The number of rotatable bonds is 9. The second-order valence-corrected chi connectivity index (χ2v) is 11.6. The fourth-order valence-electron chi connectivity index (χ4n) is 5.65. The first kappa shape index (κ1) is 35.7. The average Bonchev–Trinajstić information content (AvgIpc) is 3.58. The third-order valence-corrected chi connectivity index (χ3v) is 8.28. The van der Waals surface area contributed by atoms with E-state index in [1.54, 1.807) is 0 Å². The topological polar surface area (TPSA) is 46.6 Å². The van der Waals surface area contributed by atoms with Crippen molar-refractivity contribution in [1.82, 2.24) is 9.88 Å². The Morgan fingerprint density at radius 1 is 0.830 bits per heavy atom. The van der Waals surface area contributed by atoms with Crippen LogP contribution in [0.1, 0.15) is 89.3 Å². The van der Waals surface area contributed by atoms with Crippen molar-refractivity contribution in [1.29, 1.82) is 0 Å². The minimum Gasteiger partial charge on any atom is -0.454 e. The van der Waals surface area contributed by atoms with Crippen molar-refractivity contribution < 1.29 is 22.6 Å². The number of pyridine rings is 1. The van der Waals surface area contributed by atoms with Crippen LogP contribution < -0.4 is 14.8 Å². The van der Waals surface area contributed by atoms with Crippen molar-refractivity contribution >= 4 is 22.4 Å². The van der Waals surface area contributed by atoms with E-state index < -0.39 is 11.7 Å². The van der Waals surface area contributed by atoms with Crippen LogP contribution in [0, 0.1) is 0 Å². The number of piperidine rings is 1. The predicted molar refractivity (Wildman–Crippen MR) is 188 cm³/mol. The molecule has 1 aromatic heterocycles. The van der Waals surface area contributed by atoms with E-state index in [0.717, 1.165) is 88.4 Å². The highest BCUT2D eigenvalue weighted by molar-refractivity contribution is 5.95. The fourth-order valence-corrected chi connectivity index (χ4v) is 5.65. The van der Waals surface area contributed by atoms with Crippen LogP contribution >= 0.6 is 0 Å². The number of anilines is 1. The third kappa shape index (κ3) is 9.43. The Balaban J connectivity index is 0.000000564. The van der Waals surface area contributed by atoms with Crippen LogP contribution in [-0.2, 0) is 12.7 Å². The quantitative estimate of drug-likeness (QED) is 0.183. The van der Waals surface area contributed by atoms with Gasteiger partial charge in [0.1, 0.15) is 5.82 Å². The number of aromatic nitrogens is 1. The molecule has 6 rings (SSSR count). The minimum atomic E-state index is -4.35. The first-order valence-electron chi connectivity index (χ1n) is 17.0. The molecule has 0 atom stereocenters. The number of fused-ring (bicyclic) bond motifs is 2. The van der Waals surface area contributed by atoms with Gasteiger partial charge < -0.3 is 19.7 Å². The molecule has 4 aromatic rings. The van der Waals surface area contributed by atoms with Crippen molar-refractivity contribution in [2.45, 2.75) is 85.4 Å². The fraction of sp³-hybridized carbons (Fsp3) is 0.410. The number of nitrogens with zero attached hydrogens (tertiary/aromatic N) is 2. The van der Waals surface area contributed by atoms with Crippen LogP contribution in [-0.4, -0.2) is 29.8 Å². The van der Waals surface area contributed by atoms with Gasteiger partial charge in [-0.25, -0.2) is 4.98 Å². The zero-order valence-corrected chi connectivity index (χ0v) is 28.2. The minimum absolute atomic E-state index is 0.225. The van der Waals surface area contributed by atoms with Crippen LogP contribution in [0.15, 0.2) is 73.3 Å². The van der Waals surface area contributed by atoms with Crippen LogP contribution in [0.25, 0.3) is 27.7 Å². The molecule has 1 N–H and O–H groups in total. The van der Waals surface area contributed by atoms with Gasteiger partial charge in [-0.1, -0.05) is 84.2 Å². The summed E-state index contributed by atoms with van der Waals surface area (Å²) in [6.45, 7) is 15.4. The molecular weight excluding hydrogens is 599 g/mol. The number of nitrogens with one attached hydrogen (secondary N) is 1. The standard InChI is InChI=1S/C31H28F3N3O2.C6H14.C2H6/c1-20(37-13-3-2-4-14-37)25-17-30(35-18-21-5-9-24(10-6-21)31(32,33)34)36-27-11-7-22(15-26(25)27)23-8-12-28-29(16-23)39-19-38-28;1-3-5-6-4-2;1-2/h5-12,15-17H,1-4,13-14,18-19H2,(H,35,36);3-6H2,1-2H3;1-2H3. The Hall–Kier alpha value is -4.20. The van der Waals surface area contributed by atoms with Gasteiger partial charge >= 0.3 is 6.18 Å². The number of likely N-dealkylation sites (tertiary alicyclic amines) is 1. The molecule has 5 nitrogen and oxygen atoms in total. The Morgan fingerprint density at radius 3 is 2.13 bits per heavy atom. The maximum absolute atomic E-state index is 12.9. The summed E-state index contributed by atoms with van der Waals surface area (Å²) >= 11 is 0. The SMILES string of the molecule is C=C(c1cc(NCc2ccc(C(F)(F)F)cc2)nc2ccc(-c3ccc4c(c3)OCO4)cc12)N1CCCCC1.CC.CCCCCC. The second-order valence-electron chi connectivity index (χ2n) is 11.6. The Labute approximate surface area is 277 Å². The van der Waals surface area contributed by atoms with E-state index in [1.807, 2.05) is 50.2 Å². The van der Waals surface area contributed by atoms with Crippen molar-refractivity contribution in [3.63, 3.8) is 0 Å². The van der Waals surface area contributed by atoms with Crippen LogP contribution in [0.2, 0.25) is 0 Å². The lowest BCUT2D eigenvalue weighted by atomic mass is 9.98. The van der Waals surface area contributed by atoms with Gasteiger partial charge in [-0.2, -0.15) is 13.2 Å². The zero-order chi connectivity index (χ0) is 33.8. The highest BCUT2D eigenvalue weighted by atomic mass is 19.4. The molecule has 3 heterocycles. The summed E-state index contributed by atoms with van der Waals surface area (Å²) in [6, 6.07) is 19.2. The number of benzene rings is 3. The molecule has 2 aliphatic rings. The largest absolute Gasteiger partial charge is 0.454 e. The average molecular weight is 648 g/mol. The Morgan fingerprint density at radius 2 is 1.47 bits per heavy atom. The van der Waals surface area contributed by atoms with Crippen molar-refractivity contribution in [2.24, 2.45) is 0 Å².